The molecule has 0 spiro atoms. The second-order valence-electron chi connectivity index (χ2n) is 9.26. The summed E-state index contributed by atoms with van der Waals surface area (Å²) < 4.78 is 6.34. The lowest BCUT2D eigenvalue weighted by Gasteiger charge is -2.36. The summed E-state index contributed by atoms with van der Waals surface area (Å²) in [5.41, 5.74) is 10.8. The number of hydrogen-bond acceptors (Lipinski definition) is 4. The highest BCUT2D eigenvalue weighted by Gasteiger charge is 2.39. The summed E-state index contributed by atoms with van der Waals surface area (Å²) in [5.74, 6) is 1.67. The molecule has 134 valence electrons. The molecular weight excluding hydrogens is 314 g/mol. The van der Waals surface area contributed by atoms with E-state index in [1.807, 2.05) is 17.1 Å². The second kappa shape index (κ2) is 6.12. The van der Waals surface area contributed by atoms with Crippen molar-refractivity contribution in [2.75, 3.05) is 5.01 Å². The van der Waals surface area contributed by atoms with E-state index in [-0.39, 0.29) is 16.5 Å². The van der Waals surface area contributed by atoms with E-state index in [0.29, 0.717) is 0 Å². The van der Waals surface area contributed by atoms with Crippen molar-refractivity contribution in [1.29, 1.82) is 0 Å². The molecule has 1 aliphatic rings. The molecule has 0 bridgehead atoms. The molecule has 0 fully saturated rings. The Morgan fingerprint density at radius 3 is 2.00 bits per heavy atom. The first-order valence-electron chi connectivity index (χ1n) is 8.64. The molecule has 3 N–H and O–H groups in total. The lowest BCUT2D eigenvalue weighted by molar-refractivity contribution is 0.326. The highest BCUT2D eigenvalue weighted by molar-refractivity contribution is 6.74. The number of anilines is 1. The van der Waals surface area contributed by atoms with Crippen molar-refractivity contribution in [3.8, 4) is 5.75 Å². The summed E-state index contributed by atoms with van der Waals surface area (Å²) in [6, 6.07) is 8.41. The number of nitrogens with zero attached hydrogens (tertiary/aromatic N) is 1. The maximum atomic E-state index is 6.34. The minimum absolute atomic E-state index is 0.116. The highest BCUT2D eigenvalue weighted by Crippen LogP contribution is 2.38. The van der Waals surface area contributed by atoms with Gasteiger partial charge in [0.1, 0.15) is 11.6 Å². The van der Waals surface area contributed by atoms with E-state index in [1.165, 1.54) is 0 Å². The fraction of sp³-hybridized carbons (Fsp3) is 0.579. The molecule has 0 aromatic heterocycles. The van der Waals surface area contributed by atoms with Crippen LogP contribution in [0.1, 0.15) is 41.5 Å². The molecule has 0 aliphatic carbocycles. The Balaban J connectivity index is 2.13. The van der Waals surface area contributed by atoms with Crippen LogP contribution in [-0.4, -0.2) is 14.4 Å². The number of nitrogens with one attached hydrogen (secondary N) is 1. The Kier molecular flexibility index (Phi) is 4.81. The standard InChI is InChI=1S/C19H33N3OSi/c1-18(2,3)16-13-17(20)22(21-16)14-9-11-15(12-10-14)23-24(7,8)19(4,5)6/h9-13,16,21H,20H2,1-8H3. The van der Waals surface area contributed by atoms with Crippen LogP contribution in [0.5, 0.6) is 5.75 Å². The van der Waals surface area contributed by atoms with Crippen LogP contribution in [0.15, 0.2) is 36.2 Å². The van der Waals surface area contributed by atoms with E-state index >= 15 is 0 Å². The van der Waals surface area contributed by atoms with Crippen LogP contribution in [0.25, 0.3) is 0 Å². The van der Waals surface area contributed by atoms with Gasteiger partial charge in [-0.3, -0.25) is 5.01 Å². The smallest absolute Gasteiger partial charge is 0.250 e. The van der Waals surface area contributed by atoms with Crippen LogP contribution in [0.4, 0.5) is 5.69 Å². The molecule has 1 aliphatic heterocycles. The van der Waals surface area contributed by atoms with Gasteiger partial charge in [0.25, 0.3) is 0 Å². The number of benzene rings is 1. The number of rotatable bonds is 3. The van der Waals surface area contributed by atoms with Crippen LogP contribution in [0.2, 0.25) is 18.1 Å². The predicted octanol–water partition coefficient (Wildman–Crippen LogP) is 4.61. The monoisotopic (exact) mass is 347 g/mol. The van der Waals surface area contributed by atoms with E-state index in [0.717, 1.165) is 17.3 Å². The maximum absolute atomic E-state index is 6.34. The van der Waals surface area contributed by atoms with Crippen molar-refractivity contribution < 1.29 is 4.43 Å². The van der Waals surface area contributed by atoms with E-state index in [9.17, 15) is 0 Å². The molecule has 1 atom stereocenters. The van der Waals surface area contributed by atoms with E-state index < -0.39 is 8.32 Å². The zero-order chi connectivity index (χ0) is 18.3. The van der Waals surface area contributed by atoms with Gasteiger partial charge in [0.2, 0.25) is 8.32 Å². The van der Waals surface area contributed by atoms with Gasteiger partial charge in [0, 0.05) is 0 Å². The van der Waals surface area contributed by atoms with Gasteiger partial charge in [-0.25, -0.2) is 5.43 Å². The van der Waals surface area contributed by atoms with Crippen molar-refractivity contribution in [3.63, 3.8) is 0 Å². The molecular formula is C19H33N3OSi. The van der Waals surface area contributed by atoms with Gasteiger partial charge in [0.05, 0.1) is 11.7 Å². The van der Waals surface area contributed by atoms with Gasteiger partial charge >= 0.3 is 0 Å². The van der Waals surface area contributed by atoms with Crippen LogP contribution in [0.3, 0.4) is 0 Å². The molecule has 1 heterocycles. The summed E-state index contributed by atoms with van der Waals surface area (Å²) >= 11 is 0. The van der Waals surface area contributed by atoms with Crippen molar-refractivity contribution in [2.24, 2.45) is 11.1 Å². The van der Waals surface area contributed by atoms with Crippen LogP contribution >= 0.6 is 0 Å². The van der Waals surface area contributed by atoms with Gasteiger partial charge in [0.15, 0.2) is 0 Å². The van der Waals surface area contributed by atoms with Crippen LogP contribution in [-0.2, 0) is 0 Å². The maximum Gasteiger partial charge on any atom is 0.250 e. The van der Waals surface area contributed by atoms with Crippen molar-refractivity contribution in [1.82, 2.24) is 5.43 Å². The molecule has 1 aromatic rings. The van der Waals surface area contributed by atoms with E-state index in [4.69, 9.17) is 10.2 Å². The number of hydrogen-bond donors (Lipinski definition) is 2. The van der Waals surface area contributed by atoms with Gasteiger partial charge in [-0.15, -0.1) is 0 Å². The molecule has 2 rings (SSSR count). The minimum Gasteiger partial charge on any atom is -0.544 e. The lowest BCUT2D eigenvalue weighted by Crippen LogP contribution is -2.44. The van der Waals surface area contributed by atoms with E-state index in [1.54, 1.807) is 0 Å². The normalized spacial score (nSPS) is 19.4. The van der Waals surface area contributed by atoms with Crippen molar-refractivity contribution in [3.05, 3.63) is 36.2 Å². The Morgan fingerprint density at radius 2 is 1.58 bits per heavy atom. The average Bonchev–Trinajstić information content (AvgIpc) is 2.80. The Bertz CT molecular complexity index is 609. The zero-order valence-electron chi connectivity index (χ0n) is 16.4. The largest absolute Gasteiger partial charge is 0.544 e. The molecule has 0 amide bonds. The molecule has 5 heteroatoms. The zero-order valence-corrected chi connectivity index (χ0v) is 17.4. The van der Waals surface area contributed by atoms with Crippen molar-refractivity contribution >= 4 is 14.0 Å². The van der Waals surface area contributed by atoms with Crippen molar-refractivity contribution in [2.45, 2.75) is 65.7 Å². The third kappa shape index (κ3) is 3.95. The van der Waals surface area contributed by atoms with Gasteiger partial charge < -0.3 is 10.2 Å². The third-order valence-electron chi connectivity index (χ3n) is 5.07. The molecule has 0 radical (unpaired) electrons. The highest BCUT2D eigenvalue weighted by atomic mass is 28.4. The molecule has 1 unspecified atom stereocenters. The topological polar surface area (TPSA) is 50.5 Å². The minimum atomic E-state index is -1.81. The Labute approximate surface area is 148 Å². The Morgan fingerprint density at radius 1 is 1.04 bits per heavy atom. The fourth-order valence-electron chi connectivity index (χ4n) is 2.27. The second-order valence-corrected chi connectivity index (χ2v) is 14.0. The van der Waals surface area contributed by atoms with Crippen LogP contribution in [0, 0.1) is 5.41 Å². The van der Waals surface area contributed by atoms with Gasteiger partial charge in [-0.1, -0.05) is 41.5 Å². The summed E-state index contributed by atoms with van der Waals surface area (Å²) in [5, 5.41) is 2.14. The SMILES string of the molecule is CC(C)(C)C1C=C(N)N(c2ccc(O[Si](C)(C)C(C)(C)C)cc2)N1. The lowest BCUT2D eigenvalue weighted by atomic mass is 9.87. The fourth-order valence-corrected chi connectivity index (χ4v) is 3.31. The Hall–Kier alpha value is -1.46. The molecule has 0 saturated heterocycles. The summed E-state index contributed by atoms with van der Waals surface area (Å²) in [4.78, 5) is 0. The van der Waals surface area contributed by atoms with Gasteiger partial charge in [-0.05, 0) is 53.9 Å². The first kappa shape index (κ1) is 18.9. The molecule has 0 saturated carbocycles. The quantitative estimate of drug-likeness (QED) is 0.784. The predicted molar refractivity (Wildman–Crippen MR) is 105 cm³/mol. The molecule has 1 aromatic carbocycles. The number of hydrazine groups is 1. The molecule has 4 nitrogen and oxygen atoms in total. The summed E-state index contributed by atoms with van der Waals surface area (Å²) in [7, 11) is -1.81. The number of nitrogens with two attached hydrogens (primary N) is 1. The molecule has 24 heavy (non-hydrogen) atoms. The third-order valence-corrected chi connectivity index (χ3v) is 9.43. The van der Waals surface area contributed by atoms with Gasteiger partial charge in [-0.2, -0.15) is 0 Å². The average molecular weight is 348 g/mol. The van der Waals surface area contributed by atoms with E-state index in [2.05, 4.69) is 78.3 Å². The summed E-state index contributed by atoms with van der Waals surface area (Å²) in [6.07, 6.45) is 2.08. The van der Waals surface area contributed by atoms with Crippen LogP contribution < -0.4 is 20.6 Å². The first-order valence-corrected chi connectivity index (χ1v) is 11.5. The first-order chi connectivity index (χ1) is 10.8. The summed E-state index contributed by atoms with van der Waals surface area (Å²) in [6.45, 7) is 17.9.